The van der Waals surface area contributed by atoms with Crippen molar-refractivity contribution in [1.29, 1.82) is 5.26 Å². The summed E-state index contributed by atoms with van der Waals surface area (Å²) in [5.41, 5.74) is -2.66. The Morgan fingerprint density at radius 1 is 1.00 bits per heavy atom. The van der Waals surface area contributed by atoms with E-state index < -0.39 is 48.1 Å². The van der Waals surface area contributed by atoms with E-state index in [0.717, 1.165) is 18.2 Å². The van der Waals surface area contributed by atoms with E-state index in [2.05, 4.69) is 10.2 Å². The normalized spacial score (nSPS) is 11.9. The molecule has 5 nitrogen and oxygen atoms in total. The summed E-state index contributed by atoms with van der Waals surface area (Å²) in [6.45, 7) is -2.34. The van der Waals surface area contributed by atoms with Gasteiger partial charge in [0.15, 0.2) is 0 Å². The maximum Gasteiger partial charge on any atom is 0.417 e. The fourth-order valence-corrected chi connectivity index (χ4v) is 2.74. The lowest BCUT2D eigenvalue weighted by molar-refractivity contribution is -0.137. The first-order valence-corrected chi connectivity index (χ1v) is 8.48. The van der Waals surface area contributed by atoms with Crippen molar-refractivity contribution >= 4 is 5.69 Å². The summed E-state index contributed by atoms with van der Waals surface area (Å²) >= 11 is 0. The Kier molecular flexibility index (Phi) is 5.88. The average molecular weight is 444 g/mol. The maximum atomic E-state index is 13.8. The molecular weight excluding hydrogens is 433 g/mol. The first-order chi connectivity index (χ1) is 14.5. The Balaban J connectivity index is 1.97. The third-order valence-electron chi connectivity index (χ3n) is 4.06. The molecule has 0 spiro atoms. The molecule has 0 aliphatic carbocycles. The van der Waals surface area contributed by atoms with E-state index in [-0.39, 0.29) is 17.3 Å². The predicted octanol–water partition coefficient (Wildman–Crippen LogP) is 5.34. The Morgan fingerprint density at radius 2 is 1.71 bits per heavy atom. The number of benzene rings is 2. The Hall–Kier alpha value is -3.62. The van der Waals surface area contributed by atoms with Crippen LogP contribution < -0.4 is 4.90 Å². The smallest absolute Gasteiger partial charge is 0.417 e. The maximum absolute atomic E-state index is 13.8. The summed E-state index contributed by atoms with van der Waals surface area (Å²) in [6, 6.07) is 8.85. The predicted molar refractivity (Wildman–Crippen MR) is 93.0 cm³/mol. The summed E-state index contributed by atoms with van der Waals surface area (Å²) in [4.78, 5) is 0.537. The molecule has 3 aromatic rings. The molecule has 0 bridgehead atoms. The van der Waals surface area contributed by atoms with Crippen LogP contribution in [0, 0.1) is 17.1 Å². The highest BCUT2D eigenvalue weighted by Gasteiger charge is 2.36. The van der Waals surface area contributed by atoms with Crippen LogP contribution in [0.4, 0.5) is 36.4 Å². The first-order valence-electron chi connectivity index (χ1n) is 8.48. The lowest BCUT2D eigenvalue weighted by Crippen LogP contribution is -2.34. The molecule has 0 saturated heterocycles. The topological polar surface area (TPSA) is 66.0 Å². The van der Waals surface area contributed by atoms with Gasteiger partial charge in [0.25, 0.3) is 5.89 Å². The van der Waals surface area contributed by atoms with E-state index in [1.807, 2.05) is 0 Å². The van der Waals surface area contributed by atoms with Crippen molar-refractivity contribution < 1.29 is 35.2 Å². The largest absolute Gasteiger partial charge is 0.419 e. The highest BCUT2D eigenvalue weighted by Crippen LogP contribution is 2.35. The molecule has 3 rings (SSSR count). The summed E-state index contributed by atoms with van der Waals surface area (Å²) in [5, 5.41) is 16.0. The molecule has 12 heteroatoms. The molecule has 0 aliphatic rings. The van der Waals surface area contributed by atoms with Crippen LogP contribution >= 0.6 is 0 Å². The van der Waals surface area contributed by atoms with Gasteiger partial charge < -0.3 is 9.32 Å². The summed E-state index contributed by atoms with van der Waals surface area (Å²) < 4.78 is 97.9. The second kappa shape index (κ2) is 8.25. The van der Waals surface area contributed by atoms with Crippen LogP contribution in [0.1, 0.15) is 17.0 Å². The number of hydrogen-bond donors (Lipinski definition) is 0. The third-order valence-corrected chi connectivity index (χ3v) is 4.06. The van der Waals surface area contributed by atoms with Gasteiger partial charge >= 0.3 is 12.4 Å². The molecule has 0 amide bonds. The Bertz CT molecular complexity index is 1120. The van der Waals surface area contributed by atoms with Gasteiger partial charge in [-0.25, -0.2) is 4.39 Å². The summed E-state index contributed by atoms with van der Waals surface area (Å²) in [7, 11) is 0. The van der Waals surface area contributed by atoms with E-state index in [9.17, 15) is 30.7 Å². The monoisotopic (exact) mass is 444 g/mol. The fraction of sp³-hybridized carbons (Fsp3) is 0.211. The average Bonchev–Trinajstić information content (AvgIpc) is 3.14. The molecule has 31 heavy (non-hydrogen) atoms. The zero-order valence-corrected chi connectivity index (χ0v) is 15.3. The Labute approximate surface area is 170 Å². The molecule has 1 heterocycles. The van der Waals surface area contributed by atoms with Crippen molar-refractivity contribution in [2.24, 2.45) is 0 Å². The Morgan fingerprint density at radius 3 is 2.32 bits per heavy atom. The van der Waals surface area contributed by atoms with Crippen molar-refractivity contribution in [2.45, 2.75) is 18.9 Å². The van der Waals surface area contributed by atoms with Gasteiger partial charge in [0.05, 0.1) is 29.3 Å². The van der Waals surface area contributed by atoms with Crippen LogP contribution in [-0.2, 0) is 12.7 Å². The van der Waals surface area contributed by atoms with Crippen LogP contribution in [0.5, 0.6) is 0 Å². The molecule has 0 saturated carbocycles. The zero-order chi connectivity index (χ0) is 22.8. The van der Waals surface area contributed by atoms with E-state index in [1.165, 1.54) is 24.3 Å². The van der Waals surface area contributed by atoms with Crippen molar-refractivity contribution in [3.05, 3.63) is 65.3 Å². The van der Waals surface area contributed by atoms with Crippen molar-refractivity contribution in [1.82, 2.24) is 10.2 Å². The minimum absolute atomic E-state index is 0.0821. The van der Waals surface area contributed by atoms with Gasteiger partial charge in [0.1, 0.15) is 12.4 Å². The number of hydrogen-bond acceptors (Lipinski definition) is 5. The first kappa shape index (κ1) is 22.1. The van der Waals surface area contributed by atoms with Gasteiger partial charge in [0, 0.05) is 5.69 Å². The number of nitriles is 1. The highest BCUT2D eigenvalue weighted by molar-refractivity contribution is 5.55. The number of alkyl halides is 6. The molecule has 162 valence electrons. The van der Waals surface area contributed by atoms with Crippen molar-refractivity contribution in [3.8, 4) is 17.5 Å². The number of rotatable bonds is 5. The number of halogens is 7. The number of nitrogens with zero attached hydrogens (tertiary/aromatic N) is 4. The molecule has 0 aliphatic heterocycles. The molecule has 0 atom stereocenters. The number of aromatic nitrogens is 2. The van der Waals surface area contributed by atoms with E-state index >= 15 is 0 Å². The van der Waals surface area contributed by atoms with Crippen LogP contribution in [0.2, 0.25) is 0 Å². The molecule has 2 aromatic carbocycles. The van der Waals surface area contributed by atoms with Crippen molar-refractivity contribution in [2.75, 3.05) is 11.4 Å². The van der Waals surface area contributed by atoms with Gasteiger partial charge in [-0.05, 0) is 30.3 Å². The second-order valence-corrected chi connectivity index (χ2v) is 6.29. The molecule has 0 radical (unpaired) electrons. The van der Waals surface area contributed by atoms with E-state index in [4.69, 9.17) is 9.68 Å². The van der Waals surface area contributed by atoms with Gasteiger partial charge in [0.2, 0.25) is 5.89 Å². The number of anilines is 1. The lowest BCUT2D eigenvalue weighted by Gasteiger charge is -2.25. The minimum atomic E-state index is -4.95. The molecule has 0 unspecified atom stereocenters. The van der Waals surface area contributed by atoms with E-state index in [0.29, 0.717) is 11.0 Å². The SMILES string of the molecule is N#Cc1ccc(N(Cc2nnc(-c3ccccc3F)o2)CC(F)(F)F)cc1C(F)(F)F. The molecule has 0 N–H and O–H groups in total. The van der Waals surface area contributed by atoms with Crippen LogP contribution in [-0.4, -0.2) is 22.9 Å². The molecule has 0 fully saturated rings. The molecule has 1 aromatic heterocycles. The van der Waals surface area contributed by atoms with Crippen LogP contribution in [0.3, 0.4) is 0 Å². The quantitative estimate of drug-likeness (QED) is 0.498. The van der Waals surface area contributed by atoms with Gasteiger partial charge in [-0.3, -0.25) is 0 Å². The minimum Gasteiger partial charge on any atom is -0.419 e. The third kappa shape index (κ3) is 5.30. The standard InChI is InChI=1S/C19H11F7N4O/c20-15-4-2-1-3-13(15)17-29-28-16(31-17)9-30(10-18(21,22)23)12-6-5-11(8-27)14(7-12)19(24,25)26/h1-7H,9-10H2. The van der Waals surface area contributed by atoms with Crippen LogP contribution in [0.25, 0.3) is 11.5 Å². The van der Waals surface area contributed by atoms with Gasteiger partial charge in [-0.2, -0.15) is 31.6 Å². The second-order valence-electron chi connectivity index (χ2n) is 6.29. The van der Waals surface area contributed by atoms with Gasteiger partial charge in [-0.15, -0.1) is 10.2 Å². The lowest BCUT2D eigenvalue weighted by atomic mass is 10.1. The summed E-state index contributed by atoms with van der Waals surface area (Å²) in [5.74, 6) is -1.37. The highest BCUT2D eigenvalue weighted by atomic mass is 19.4. The summed E-state index contributed by atoms with van der Waals surface area (Å²) in [6.07, 6.45) is -9.73. The van der Waals surface area contributed by atoms with E-state index in [1.54, 1.807) is 0 Å². The fourth-order valence-electron chi connectivity index (χ4n) is 2.74. The molecular formula is C19H11F7N4O. The van der Waals surface area contributed by atoms with Gasteiger partial charge in [-0.1, -0.05) is 12.1 Å². The van der Waals surface area contributed by atoms with Crippen molar-refractivity contribution in [3.63, 3.8) is 0 Å². The van der Waals surface area contributed by atoms with Crippen LogP contribution in [0.15, 0.2) is 46.9 Å². The zero-order valence-electron chi connectivity index (χ0n) is 15.3.